The first kappa shape index (κ1) is 17.5. The van der Waals surface area contributed by atoms with Crippen LogP contribution in [-0.4, -0.2) is 18.9 Å². The Labute approximate surface area is 143 Å². The van der Waals surface area contributed by atoms with Crippen LogP contribution in [0.5, 0.6) is 0 Å². The van der Waals surface area contributed by atoms with Gasteiger partial charge in [-0.3, -0.25) is 9.79 Å². The normalized spacial score (nSPS) is 10.8. The van der Waals surface area contributed by atoms with E-state index in [2.05, 4.69) is 21.7 Å². The predicted molar refractivity (Wildman–Crippen MR) is 94.0 cm³/mol. The van der Waals surface area contributed by atoms with Crippen molar-refractivity contribution in [1.82, 2.24) is 10.6 Å². The Morgan fingerprint density at radius 3 is 2.67 bits per heavy atom. The highest BCUT2D eigenvalue weighted by Crippen LogP contribution is 2.08. The lowest BCUT2D eigenvalue weighted by molar-refractivity contribution is 0.0972. The number of furan rings is 1. The number of thiophene rings is 1. The third-order valence-corrected chi connectivity index (χ3v) is 3.44. The second-order valence-corrected chi connectivity index (χ2v) is 5.02. The van der Waals surface area contributed by atoms with E-state index in [-0.39, 0.29) is 29.7 Å². The van der Waals surface area contributed by atoms with Crippen molar-refractivity contribution in [2.45, 2.75) is 13.1 Å². The maximum Gasteiger partial charge on any atom is 0.284 e. The van der Waals surface area contributed by atoms with Crippen molar-refractivity contribution in [3.05, 3.63) is 46.0 Å². The number of hydrogen-bond acceptors (Lipinski definition) is 4. The summed E-state index contributed by atoms with van der Waals surface area (Å²) in [5.41, 5.74) is 5.12. The number of carbonyl (C=O) groups excluding carboxylic acids is 1. The fourth-order valence-electron chi connectivity index (χ4n) is 1.58. The second kappa shape index (κ2) is 8.67. The standard InChI is InChI=1S/C13H16N4O2S.HI/c1-15-13(17-8-10-3-2-6-20-10)16-7-9-4-5-11(19-9)12(14)18;/h2-6H,7-8H2,1H3,(H2,14,18)(H2,15,16,17);1H. The number of guanidine groups is 1. The van der Waals surface area contributed by atoms with Crippen LogP contribution < -0.4 is 16.4 Å². The van der Waals surface area contributed by atoms with Gasteiger partial charge in [-0.15, -0.1) is 35.3 Å². The van der Waals surface area contributed by atoms with Crippen molar-refractivity contribution in [3.63, 3.8) is 0 Å². The van der Waals surface area contributed by atoms with Crippen LogP contribution in [0, 0.1) is 0 Å². The molecule has 0 unspecified atom stereocenters. The molecule has 0 radical (unpaired) electrons. The summed E-state index contributed by atoms with van der Waals surface area (Å²) in [5, 5.41) is 8.31. The van der Waals surface area contributed by atoms with Crippen molar-refractivity contribution in [2.75, 3.05) is 7.05 Å². The van der Waals surface area contributed by atoms with Crippen molar-refractivity contribution in [3.8, 4) is 0 Å². The highest BCUT2D eigenvalue weighted by Gasteiger charge is 2.07. The Bertz CT molecular complexity index is 595. The topological polar surface area (TPSA) is 92.6 Å². The number of aliphatic imine (C=N–C) groups is 1. The Hall–Kier alpha value is -1.55. The molecule has 0 aliphatic heterocycles. The molecule has 0 aliphatic carbocycles. The molecule has 21 heavy (non-hydrogen) atoms. The molecular formula is C13H17IN4O2S. The molecule has 1 amide bonds. The van der Waals surface area contributed by atoms with E-state index in [1.807, 2.05) is 11.4 Å². The highest BCUT2D eigenvalue weighted by molar-refractivity contribution is 14.0. The maximum absolute atomic E-state index is 10.9. The first-order valence-electron chi connectivity index (χ1n) is 6.04. The molecule has 0 aliphatic rings. The number of nitrogens with two attached hydrogens (primary N) is 1. The van der Waals surface area contributed by atoms with E-state index in [0.29, 0.717) is 24.8 Å². The van der Waals surface area contributed by atoms with Crippen LogP contribution in [0.25, 0.3) is 0 Å². The van der Waals surface area contributed by atoms with Gasteiger partial charge in [0, 0.05) is 11.9 Å². The lowest BCUT2D eigenvalue weighted by Crippen LogP contribution is -2.36. The van der Waals surface area contributed by atoms with E-state index < -0.39 is 5.91 Å². The van der Waals surface area contributed by atoms with E-state index in [9.17, 15) is 4.79 Å². The molecule has 4 N–H and O–H groups in total. The van der Waals surface area contributed by atoms with E-state index in [4.69, 9.17) is 10.2 Å². The minimum Gasteiger partial charge on any atom is -0.454 e. The fourth-order valence-corrected chi connectivity index (χ4v) is 2.23. The van der Waals surface area contributed by atoms with Gasteiger partial charge in [-0.2, -0.15) is 0 Å². The zero-order valence-electron chi connectivity index (χ0n) is 11.5. The lowest BCUT2D eigenvalue weighted by atomic mass is 10.4. The number of hydrogen-bond donors (Lipinski definition) is 3. The molecule has 8 heteroatoms. The summed E-state index contributed by atoms with van der Waals surface area (Å²) in [6.45, 7) is 1.14. The number of amides is 1. The third-order valence-electron chi connectivity index (χ3n) is 2.57. The predicted octanol–water partition coefficient (Wildman–Crippen LogP) is 1.92. The van der Waals surface area contributed by atoms with Crippen LogP contribution in [0.3, 0.4) is 0 Å². The smallest absolute Gasteiger partial charge is 0.284 e. The molecule has 6 nitrogen and oxygen atoms in total. The SMILES string of the molecule is CN=C(NCc1ccc(C(N)=O)o1)NCc1cccs1.I. The quantitative estimate of drug-likeness (QED) is 0.392. The van der Waals surface area contributed by atoms with Crippen molar-refractivity contribution in [2.24, 2.45) is 10.7 Å². The molecule has 2 aromatic rings. The molecule has 2 rings (SSSR count). The highest BCUT2D eigenvalue weighted by atomic mass is 127. The average Bonchev–Trinajstić information content (AvgIpc) is 3.10. The van der Waals surface area contributed by atoms with Gasteiger partial charge in [0.15, 0.2) is 11.7 Å². The van der Waals surface area contributed by atoms with Crippen LogP contribution >= 0.6 is 35.3 Å². The molecule has 114 valence electrons. The maximum atomic E-state index is 10.9. The van der Waals surface area contributed by atoms with Crippen molar-refractivity contribution >= 4 is 47.2 Å². The largest absolute Gasteiger partial charge is 0.454 e. The van der Waals surface area contributed by atoms with Crippen LogP contribution in [0.4, 0.5) is 0 Å². The molecule has 0 bridgehead atoms. The molecule has 0 aromatic carbocycles. The first-order chi connectivity index (χ1) is 9.69. The van der Waals surface area contributed by atoms with Gasteiger partial charge in [-0.25, -0.2) is 0 Å². The second-order valence-electron chi connectivity index (χ2n) is 3.99. The van der Waals surface area contributed by atoms with E-state index >= 15 is 0 Å². The Morgan fingerprint density at radius 1 is 1.33 bits per heavy atom. The molecule has 0 atom stereocenters. The van der Waals surface area contributed by atoms with E-state index in [1.54, 1.807) is 30.5 Å². The molecule has 0 saturated carbocycles. The molecule has 2 heterocycles. The van der Waals surface area contributed by atoms with Gasteiger partial charge < -0.3 is 20.8 Å². The van der Waals surface area contributed by atoms with Crippen LogP contribution in [0.1, 0.15) is 21.2 Å². The van der Waals surface area contributed by atoms with E-state index in [0.717, 1.165) is 0 Å². The average molecular weight is 420 g/mol. The molecule has 2 aromatic heterocycles. The van der Waals surface area contributed by atoms with Crippen molar-refractivity contribution in [1.29, 1.82) is 0 Å². The summed E-state index contributed by atoms with van der Waals surface area (Å²) < 4.78 is 5.27. The van der Waals surface area contributed by atoms with Crippen LogP contribution in [0.15, 0.2) is 39.1 Å². The summed E-state index contributed by atoms with van der Waals surface area (Å²) in [6, 6.07) is 7.32. The van der Waals surface area contributed by atoms with Gasteiger partial charge >= 0.3 is 0 Å². The first-order valence-corrected chi connectivity index (χ1v) is 6.92. The summed E-state index contributed by atoms with van der Waals surface area (Å²) in [7, 11) is 1.70. The number of primary amides is 1. The van der Waals surface area contributed by atoms with Gasteiger partial charge in [0.1, 0.15) is 5.76 Å². The molecule has 0 fully saturated rings. The van der Waals surface area contributed by atoms with Gasteiger partial charge in [0.2, 0.25) is 0 Å². The zero-order chi connectivity index (χ0) is 14.4. The lowest BCUT2D eigenvalue weighted by Gasteiger charge is -2.09. The van der Waals surface area contributed by atoms with Crippen LogP contribution in [0.2, 0.25) is 0 Å². The van der Waals surface area contributed by atoms with Crippen LogP contribution in [-0.2, 0) is 13.1 Å². The van der Waals surface area contributed by atoms with Gasteiger partial charge in [0.25, 0.3) is 5.91 Å². The minimum absolute atomic E-state index is 0. The minimum atomic E-state index is -0.573. The summed E-state index contributed by atoms with van der Waals surface area (Å²) in [6.07, 6.45) is 0. The molecular weight excluding hydrogens is 403 g/mol. The number of rotatable bonds is 5. The number of nitrogens with one attached hydrogen (secondary N) is 2. The Kier molecular flexibility index (Phi) is 7.23. The molecule has 0 saturated heterocycles. The fraction of sp³-hybridized carbons (Fsp3) is 0.231. The number of nitrogens with zero attached hydrogens (tertiary/aromatic N) is 1. The van der Waals surface area contributed by atoms with Gasteiger partial charge in [0.05, 0.1) is 13.1 Å². The molecule has 0 spiro atoms. The van der Waals surface area contributed by atoms with Gasteiger partial charge in [-0.1, -0.05) is 6.07 Å². The summed E-state index contributed by atoms with van der Waals surface area (Å²) >= 11 is 1.68. The zero-order valence-corrected chi connectivity index (χ0v) is 14.6. The number of carbonyl (C=O) groups is 1. The van der Waals surface area contributed by atoms with Crippen molar-refractivity contribution < 1.29 is 9.21 Å². The Morgan fingerprint density at radius 2 is 2.10 bits per heavy atom. The third kappa shape index (κ3) is 5.38. The summed E-state index contributed by atoms with van der Waals surface area (Å²) in [4.78, 5) is 16.2. The van der Waals surface area contributed by atoms with E-state index in [1.165, 1.54) is 4.88 Å². The number of halogens is 1. The summed E-state index contributed by atoms with van der Waals surface area (Å²) in [5.74, 6) is 0.869. The van der Waals surface area contributed by atoms with Gasteiger partial charge in [-0.05, 0) is 23.6 Å². The monoisotopic (exact) mass is 420 g/mol. The Balaban J connectivity index is 0.00000220.